The van der Waals surface area contributed by atoms with Crippen molar-refractivity contribution in [2.45, 2.75) is 33.7 Å². The van der Waals surface area contributed by atoms with E-state index in [1.807, 2.05) is 31.7 Å². The van der Waals surface area contributed by atoms with Crippen LogP contribution in [-0.4, -0.2) is 37.1 Å². The molecule has 0 fully saturated rings. The van der Waals surface area contributed by atoms with Gasteiger partial charge in [-0.25, -0.2) is 0 Å². The van der Waals surface area contributed by atoms with Gasteiger partial charge in [-0.15, -0.1) is 12.4 Å². The Balaban J connectivity index is 0.00000264. The van der Waals surface area contributed by atoms with Gasteiger partial charge in [-0.3, -0.25) is 4.79 Å². The predicted molar refractivity (Wildman–Crippen MR) is 93.4 cm³/mol. The Morgan fingerprint density at radius 1 is 1.22 bits per heavy atom. The molecular formula is C17H27ClN2O3. The van der Waals surface area contributed by atoms with E-state index in [1.54, 1.807) is 0 Å². The highest BCUT2D eigenvalue weighted by Gasteiger charge is 2.25. The number of nitrogens with two attached hydrogens (primary N) is 1. The molecule has 2 rings (SSSR count). The van der Waals surface area contributed by atoms with Gasteiger partial charge in [0.1, 0.15) is 0 Å². The molecule has 1 aromatic carbocycles. The lowest BCUT2D eigenvalue weighted by Gasteiger charge is -2.31. The normalized spacial score (nSPS) is 14.5. The summed E-state index contributed by atoms with van der Waals surface area (Å²) in [5, 5.41) is 0. The minimum atomic E-state index is -0.129. The second-order valence-corrected chi connectivity index (χ2v) is 5.58. The van der Waals surface area contributed by atoms with Gasteiger partial charge in [0.15, 0.2) is 11.5 Å². The average Bonchev–Trinajstić information content (AvgIpc) is 2.54. The van der Waals surface area contributed by atoms with E-state index in [9.17, 15) is 4.79 Å². The lowest BCUT2D eigenvalue weighted by molar-refractivity contribution is -0.135. The van der Waals surface area contributed by atoms with Gasteiger partial charge in [0, 0.05) is 25.6 Å². The smallest absolute Gasteiger partial charge is 0.226 e. The lowest BCUT2D eigenvalue weighted by Crippen LogP contribution is -2.41. The van der Waals surface area contributed by atoms with Crippen LogP contribution in [0.25, 0.3) is 0 Å². The third kappa shape index (κ3) is 4.52. The summed E-state index contributed by atoms with van der Waals surface area (Å²) < 4.78 is 11.3. The van der Waals surface area contributed by atoms with Gasteiger partial charge in [-0.2, -0.15) is 0 Å². The Morgan fingerprint density at radius 2 is 1.78 bits per heavy atom. The molecule has 1 heterocycles. The Hall–Kier alpha value is -1.46. The van der Waals surface area contributed by atoms with Crippen LogP contribution in [0.1, 0.15) is 31.9 Å². The molecule has 130 valence electrons. The fourth-order valence-electron chi connectivity index (χ4n) is 2.70. The summed E-state index contributed by atoms with van der Waals surface area (Å²) in [6.07, 6.45) is 0.838. The van der Waals surface area contributed by atoms with Crippen LogP contribution in [-0.2, 0) is 17.8 Å². The zero-order chi connectivity index (χ0) is 16.1. The number of benzene rings is 1. The summed E-state index contributed by atoms with van der Waals surface area (Å²) in [5.74, 6) is 1.54. The van der Waals surface area contributed by atoms with Crippen LogP contribution in [0, 0.1) is 5.92 Å². The predicted octanol–water partition coefficient (Wildman–Crippen LogP) is 2.39. The molecule has 1 unspecified atom stereocenters. The van der Waals surface area contributed by atoms with E-state index in [0.29, 0.717) is 26.3 Å². The number of hydrogen-bond donors (Lipinski definition) is 1. The zero-order valence-corrected chi connectivity index (χ0v) is 14.9. The summed E-state index contributed by atoms with van der Waals surface area (Å²) >= 11 is 0. The van der Waals surface area contributed by atoms with Gasteiger partial charge in [-0.1, -0.05) is 6.92 Å². The SMILES string of the molecule is CCOc1cc2c(cc1OCC)CN(C(=O)C(C)CN)CC2.Cl. The molecule has 0 aliphatic carbocycles. The monoisotopic (exact) mass is 342 g/mol. The quantitative estimate of drug-likeness (QED) is 0.862. The first-order chi connectivity index (χ1) is 10.6. The van der Waals surface area contributed by atoms with Crippen molar-refractivity contribution >= 4 is 18.3 Å². The fraction of sp³-hybridized carbons (Fsp3) is 0.588. The van der Waals surface area contributed by atoms with Gasteiger partial charge >= 0.3 is 0 Å². The number of hydrogen-bond acceptors (Lipinski definition) is 4. The number of fused-ring (bicyclic) bond motifs is 1. The van der Waals surface area contributed by atoms with E-state index < -0.39 is 0 Å². The van der Waals surface area contributed by atoms with Crippen LogP contribution in [0.5, 0.6) is 11.5 Å². The van der Waals surface area contributed by atoms with E-state index in [4.69, 9.17) is 15.2 Å². The van der Waals surface area contributed by atoms with Crippen LogP contribution in [0.3, 0.4) is 0 Å². The first-order valence-electron chi connectivity index (χ1n) is 8.00. The van der Waals surface area contributed by atoms with Crippen molar-refractivity contribution in [2.75, 3.05) is 26.3 Å². The second-order valence-electron chi connectivity index (χ2n) is 5.58. The third-order valence-electron chi connectivity index (χ3n) is 3.96. The number of nitrogens with zero attached hydrogens (tertiary/aromatic N) is 1. The molecule has 1 aliphatic rings. The molecule has 0 spiro atoms. The minimum Gasteiger partial charge on any atom is -0.490 e. The second kappa shape index (κ2) is 8.99. The highest BCUT2D eigenvalue weighted by Crippen LogP contribution is 2.34. The third-order valence-corrected chi connectivity index (χ3v) is 3.96. The van der Waals surface area contributed by atoms with Crippen LogP contribution in [0.2, 0.25) is 0 Å². The Kier molecular flexibility index (Phi) is 7.65. The molecule has 5 nitrogen and oxygen atoms in total. The van der Waals surface area contributed by atoms with Crippen LogP contribution >= 0.6 is 12.4 Å². The maximum atomic E-state index is 12.3. The summed E-state index contributed by atoms with van der Waals surface area (Å²) in [4.78, 5) is 14.2. The molecule has 1 atom stereocenters. The maximum absolute atomic E-state index is 12.3. The van der Waals surface area contributed by atoms with E-state index in [0.717, 1.165) is 30.0 Å². The number of carbonyl (C=O) groups is 1. The van der Waals surface area contributed by atoms with Crippen molar-refractivity contribution in [3.8, 4) is 11.5 Å². The molecular weight excluding hydrogens is 316 g/mol. The summed E-state index contributed by atoms with van der Waals surface area (Å²) in [6.45, 7) is 8.72. The number of rotatable bonds is 6. The van der Waals surface area contributed by atoms with Crippen molar-refractivity contribution in [3.63, 3.8) is 0 Å². The summed E-state index contributed by atoms with van der Waals surface area (Å²) in [6, 6.07) is 4.06. The highest BCUT2D eigenvalue weighted by atomic mass is 35.5. The molecule has 0 aromatic heterocycles. The van der Waals surface area contributed by atoms with E-state index in [-0.39, 0.29) is 24.2 Å². The molecule has 1 aliphatic heterocycles. The molecule has 23 heavy (non-hydrogen) atoms. The molecule has 2 N–H and O–H groups in total. The van der Waals surface area contributed by atoms with Crippen LogP contribution in [0.15, 0.2) is 12.1 Å². The van der Waals surface area contributed by atoms with Gasteiger partial charge in [-0.05, 0) is 43.5 Å². The standard InChI is InChI=1S/C17H26N2O3.ClH/c1-4-21-15-8-13-6-7-19(17(20)12(3)10-18)11-14(13)9-16(15)22-5-2;/h8-9,12H,4-7,10-11,18H2,1-3H3;1H. The average molecular weight is 343 g/mol. The fourth-order valence-corrected chi connectivity index (χ4v) is 2.70. The first kappa shape index (κ1) is 19.6. The van der Waals surface area contributed by atoms with Crippen molar-refractivity contribution in [1.82, 2.24) is 4.90 Å². The molecule has 0 bridgehead atoms. The molecule has 0 saturated heterocycles. The van der Waals surface area contributed by atoms with Crippen molar-refractivity contribution in [3.05, 3.63) is 23.3 Å². The summed E-state index contributed by atoms with van der Waals surface area (Å²) in [7, 11) is 0. The number of carbonyl (C=O) groups excluding carboxylic acids is 1. The molecule has 1 aromatic rings. The van der Waals surface area contributed by atoms with Crippen LogP contribution < -0.4 is 15.2 Å². The minimum absolute atomic E-state index is 0. The Morgan fingerprint density at radius 3 is 2.30 bits per heavy atom. The molecule has 0 radical (unpaired) electrons. The van der Waals surface area contributed by atoms with E-state index in [2.05, 4.69) is 6.07 Å². The summed E-state index contributed by atoms with van der Waals surface area (Å²) in [5.41, 5.74) is 7.97. The molecule has 6 heteroatoms. The first-order valence-corrected chi connectivity index (χ1v) is 8.00. The van der Waals surface area contributed by atoms with Crippen molar-refractivity contribution < 1.29 is 14.3 Å². The van der Waals surface area contributed by atoms with Gasteiger partial charge in [0.2, 0.25) is 5.91 Å². The van der Waals surface area contributed by atoms with Gasteiger partial charge in [0.05, 0.1) is 13.2 Å². The van der Waals surface area contributed by atoms with Gasteiger partial charge < -0.3 is 20.1 Å². The Bertz CT molecular complexity index is 537. The molecule has 1 amide bonds. The van der Waals surface area contributed by atoms with Crippen molar-refractivity contribution in [1.29, 1.82) is 0 Å². The highest BCUT2D eigenvalue weighted by molar-refractivity contribution is 5.85. The van der Waals surface area contributed by atoms with Crippen molar-refractivity contribution in [2.24, 2.45) is 11.7 Å². The maximum Gasteiger partial charge on any atom is 0.226 e. The van der Waals surface area contributed by atoms with Gasteiger partial charge in [0.25, 0.3) is 0 Å². The van der Waals surface area contributed by atoms with E-state index in [1.165, 1.54) is 5.56 Å². The molecule has 0 saturated carbocycles. The number of amides is 1. The van der Waals surface area contributed by atoms with Crippen LogP contribution in [0.4, 0.5) is 0 Å². The van der Waals surface area contributed by atoms with E-state index >= 15 is 0 Å². The zero-order valence-electron chi connectivity index (χ0n) is 14.1. The Labute approximate surface area is 144 Å². The number of ether oxygens (including phenoxy) is 2. The topological polar surface area (TPSA) is 64.8 Å². The largest absolute Gasteiger partial charge is 0.490 e. The number of halogens is 1. The lowest BCUT2D eigenvalue weighted by atomic mass is 9.97.